The molecule has 0 radical (unpaired) electrons. The van der Waals surface area contributed by atoms with Crippen LogP contribution in [0.15, 0.2) is 60.0 Å². The van der Waals surface area contributed by atoms with E-state index in [1.54, 1.807) is 12.4 Å². The van der Waals surface area contributed by atoms with Gasteiger partial charge in [-0.25, -0.2) is 0 Å². The molecule has 0 amide bonds. The highest BCUT2D eigenvalue weighted by Crippen LogP contribution is 2.16. The molecule has 0 saturated carbocycles. The summed E-state index contributed by atoms with van der Waals surface area (Å²) in [4.78, 5) is 4.01. The number of oxime groups is 1. The minimum Gasteiger partial charge on any atom is -0.409 e. The molecule has 0 bridgehead atoms. The van der Waals surface area contributed by atoms with Crippen LogP contribution in [0.2, 0.25) is 0 Å². The third-order valence-corrected chi connectivity index (χ3v) is 3.30. The summed E-state index contributed by atoms with van der Waals surface area (Å²) in [5.41, 5.74) is 8.00. The lowest BCUT2D eigenvalue weighted by atomic mass is 10.0. The highest BCUT2D eigenvalue weighted by molar-refractivity contribution is 5.80. The molecule has 2 aromatic rings. The number of benzene rings is 1. The molecule has 4 N–H and O–H groups in total. The van der Waals surface area contributed by atoms with Gasteiger partial charge in [0.1, 0.15) is 5.84 Å². The van der Waals surface area contributed by atoms with Crippen LogP contribution in [-0.4, -0.2) is 22.6 Å². The highest BCUT2D eigenvalue weighted by Gasteiger charge is 2.12. The van der Waals surface area contributed by atoms with Gasteiger partial charge in [-0.3, -0.25) is 4.98 Å². The molecule has 5 nitrogen and oxygen atoms in total. The van der Waals surface area contributed by atoms with Gasteiger partial charge in [0, 0.05) is 24.9 Å². The highest BCUT2D eigenvalue weighted by atomic mass is 16.4. The predicted molar refractivity (Wildman–Crippen MR) is 83.2 cm³/mol. The van der Waals surface area contributed by atoms with E-state index in [1.165, 1.54) is 5.56 Å². The van der Waals surface area contributed by atoms with Crippen LogP contribution in [0.4, 0.5) is 0 Å². The molecule has 110 valence electrons. The van der Waals surface area contributed by atoms with E-state index < -0.39 is 0 Å². The fourth-order valence-corrected chi connectivity index (χ4v) is 2.18. The molecule has 1 heterocycles. The SMILES string of the molecule is NC(CC(NCCc1ccncc1)c1ccccc1)=NO. The zero-order valence-corrected chi connectivity index (χ0v) is 11.8. The minimum absolute atomic E-state index is 0.0314. The van der Waals surface area contributed by atoms with Gasteiger partial charge in [0.15, 0.2) is 0 Å². The van der Waals surface area contributed by atoms with E-state index in [0.29, 0.717) is 6.42 Å². The van der Waals surface area contributed by atoms with Gasteiger partial charge >= 0.3 is 0 Å². The molecule has 0 aliphatic carbocycles. The van der Waals surface area contributed by atoms with Crippen LogP contribution in [0.25, 0.3) is 0 Å². The molecular formula is C16H20N4O. The van der Waals surface area contributed by atoms with Gasteiger partial charge < -0.3 is 16.3 Å². The largest absolute Gasteiger partial charge is 0.409 e. The molecule has 21 heavy (non-hydrogen) atoms. The summed E-state index contributed by atoms with van der Waals surface area (Å²) in [5, 5.41) is 15.3. The van der Waals surface area contributed by atoms with E-state index in [0.717, 1.165) is 18.5 Å². The number of nitrogens with zero attached hydrogens (tertiary/aromatic N) is 2. The first-order valence-electron chi connectivity index (χ1n) is 6.93. The van der Waals surface area contributed by atoms with Gasteiger partial charge in [0.05, 0.1) is 0 Å². The topological polar surface area (TPSA) is 83.5 Å². The van der Waals surface area contributed by atoms with Crippen molar-refractivity contribution in [3.05, 3.63) is 66.0 Å². The molecule has 1 aromatic heterocycles. The van der Waals surface area contributed by atoms with Crippen LogP contribution in [0.3, 0.4) is 0 Å². The van der Waals surface area contributed by atoms with Crippen LogP contribution in [-0.2, 0) is 6.42 Å². The third kappa shape index (κ3) is 4.89. The van der Waals surface area contributed by atoms with E-state index in [-0.39, 0.29) is 11.9 Å². The van der Waals surface area contributed by atoms with Gasteiger partial charge in [-0.2, -0.15) is 0 Å². The fraction of sp³-hybridized carbons (Fsp3) is 0.250. The molecule has 0 saturated heterocycles. The van der Waals surface area contributed by atoms with Crippen molar-refractivity contribution in [1.29, 1.82) is 0 Å². The maximum absolute atomic E-state index is 8.76. The van der Waals surface area contributed by atoms with Gasteiger partial charge in [-0.1, -0.05) is 35.5 Å². The van der Waals surface area contributed by atoms with Gasteiger partial charge in [0.25, 0.3) is 0 Å². The summed E-state index contributed by atoms with van der Waals surface area (Å²) in [6.45, 7) is 0.808. The number of pyridine rings is 1. The number of amidine groups is 1. The van der Waals surface area contributed by atoms with Crippen molar-refractivity contribution in [2.75, 3.05) is 6.54 Å². The second-order valence-corrected chi connectivity index (χ2v) is 4.82. The van der Waals surface area contributed by atoms with Crippen LogP contribution in [0, 0.1) is 0 Å². The Hall–Kier alpha value is -2.40. The second kappa shape index (κ2) is 8.01. The molecule has 2 rings (SSSR count). The summed E-state index contributed by atoms with van der Waals surface area (Å²) >= 11 is 0. The molecule has 0 fully saturated rings. The average Bonchev–Trinajstić information content (AvgIpc) is 2.55. The van der Waals surface area contributed by atoms with Crippen molar-refractivity contribution in [2.45, 2.75) is 18.9 Å². The molecule has 1 unspecified atom stereocenters. The smallest absolute Gasteiger partial charge is 0.141 e. The van der Waals surface area contributed by atoms with E-state index in [9.17, 15) is 0 Å². The van der Waals surface area contributed by atoms with Gasteiger partial charge in [-0.15, -0.1) is 0 Å². The van der Waals surface area contributed by atoms with Crippen LogP contribution in [0.1, 0.15) is 23.6 Å². The third-order valence-electron chi connectivity index (χ3n) is 3.30. The van der Waals surface area contributed by atoms with Gasteiger partial charge in [-0.05, 0) is 36.2 Å². The minimum atomic E-state index is 0.0314. The van der Waals surface area contributed by atoms with Crippen molar-refractivity contribution in [3.8, 4) is 0 Å². The number of hydrogen-bond acceptors (Lipinski definition) is 4. The first-order valence-corrected chi connectivity index (χ1v) is 6.93. The zero-order chi connectivity index (χ0) is 14.9. The first kappa shape index (κ1) is 15.0. The van der Waals surface area contributed by atoms with Crippen molar-refractivity contribution >= 4 is 5.84 Å². The fourth-order valence-electron chi connectivity index (χ4n) is 2.18. The van der Waals surface area contributed by atoms with Crippen molar-refractivity contribution < 1.29 is 5.21 Å². The average molecular weight is 284 g/mol. The Morgan fingerprint density at radius 3 is 2.57 bits per heavy atom. The number of aromatic nitrogens is 1. The van der Waals surface area contributed by atoms with E-state index in [2.05, 4.69) is 15.5 Å². The Labute approximate surface area is 124 Å². The van der Waals surface area contributed by atoms with Crippen molar-refractivity contribution in [2.24, 2.45) is 10.9 Å². The quantitative estimate of drug-likeness (QED) is 0.315. The normalized spacial score (nSPS) is 13.0. The van der Waals surface area contributed by atoms with Crippen LogP contribution in [0.5, 0.6) is 0 Å². The molecule has 1 aromatic carbocycles. The summed E-state index contributed by atoms with van der Waals surface area (Å²) < 4.78 is 0. The monoisotopic (exact) mass is 284 g/mol. The van der Waals surface area contributed by atoms with E-state index in [1.807, 2.05) is 42.5 Å². The lowest BCUT2D eigenvalue weighted by Crippen LogP contribution is -2.28. The van der Waals surface area contributed by atoms with E-state index >= 15 is 0 Å². The Balaban J connectivity index is 1.96. The summed E-state index contributed by atoms with van der Waals surface area (Å²) in [5.74, 6) is 0.222. The first-order chi connectivity index (χ1) is 10.3. The number of rotatable bonds is 7. The van der Waals surface area contributed by atoms with Crippen molar-refractivity contribution in [1.82, 2.24) is 10.3 Å². The molecule has 1 atom stereocenters. The summed E-state index contributed by atoms with van der Waals surface area (Å²) in [6.07, 6.45) is 4.96. The Morgan fingerprint density at radius 2 is 1.90 bits per heavy atom. The molecule has 0 spiro atoms. The molecule has 0 aliphatic rings. The number of nitrogens with one attached hydrogen (secondary N) is 1. The van der Waals surface area contributed by atoms with Crippen LogP contribution >= 0.6 is 0 Å². The Morgan fingerprint density at radius 1 is 1.19 bits per heavy atom. The number of hydrogen-bond donors (Lipinski definition) is 3. The molecule has 5 heteroatoms. The lowest BCUT2D eigenvalue weighted by Gasteiger charge is -2.18. The Kier molecular flexibility index (Phi) is 5.72. The summed E-state index contributed by atoms with van der Waals surface area (Å²) in [6, 6.07) is 14.1. The van der Waals surface area contributed by atoms with Crippen LogP contribution < -0.4 is 11.1 Å². The van der Waals surface area contributed by atoms with Crippen molar-refractivity contribution in [3.63, 3.8) is 0 Å². The standard InChI is InChI=1S/C16H20N4O/c17-16(20-21)12-15(14-4-2-1-3-5-14)19-11-8-13-6-9-18-10-7-13/h1-7,9-10,15,19,21H,8,11-12H2,(H2,17,20). The molecule has 0 aliphatic heterocycles. The predicted octanol–water partition coefficient (Wildman–Crippen LogP) is 2.09. The zero-order valence-electron chi connectivity index (χ0n) is 11.8. The maximum Gasteiger partial charge on any atom is 0.141 e. The maximum atomic E-state index is 8.76. The Bertz CT molecular complexity index is 557. The van der Waals surface area contributed by atoms with Gasteiger partial charge in [0.2, 0.25) is 0 Å². The molecular weight excluding hydrogens is 264 g/mol. The van der Waals surface area contributed by atoms with E-state index in [4.69, 9.17) is 10.9 Å². The number of nitrogens with two attached hydrogens (primary N) is 1. The lowest BCUT2D eigenvalue weighted by molar-refractivity contribution is 0.315. The second-order valence-electron chi connectivity index (χ2n) is 4.82. The summed E-state index contributed by atoms with van der Waals surface area (Å²) in [7, 11) is 0.